The monoisotopic (exact) mass is 452 g/mol. The molecule has 1 aliphatic rings. The van der Waals surface area contributed by atoms with Gasteiger partial charge >= 0.3 is 0 Å². The molecule has 4 rings (SSSR count). The van der Waals surface area contributed by atoms with Gasteiger partial charge in [-0.2, -0.15) is 4.98 Å². The molecule has 2 aromatic carbocycles. The Labute approximate surface area is 183 Å². The van der Waals surface area contributed by atoms with Crippen molar-refractivity contribution in [1.82, 2.24) is 15.3 Å². The first-order valence-corrected chi connectivity index (χ1v) is 10.3. The lowest BCUT2D eigenvalue weighted by Crippen LogP contribution is -2.44. The molecule has 9 heteroatoms. The van der Waals surface area contributed by atoms with Crippen LogP contribution in [-0.4, -0.2) is 47.9 Å². The number of nitrogens with one attached hydrogen (secondary N) is 1. The molecule has 0 aliphatic carbocycles. The summed E-state index contributed by atoms with van der Waals surface area (Å²) < 4.78 is 5.91. The zero-order valence-electron chi connectivity index (χ0n) is 15.4. The van der Waals surface area contributed by atoms with Crippen LogP contribution >= 0.6 is 34.8 Å². The molecule has 0 spiro atoms. The fourth-order valence-electron chi connectivity index (χ4n) is 3.46. The smallest absolute Gasteiger partial charge is 0.226 e. The van der Waals surface area contributed by atoms with Crippen molar-refractivity contribution in [3.63, 3.8) is 0 Å². The molecule has 2 N–H and O–H groups in total. The molecular formula is C20H19Cl3N4O2. The highest BCUT2D eigenvalue weighted by Gasteiger charge is 2.23. The van der Waals surface area contributed by atoms with Crippen molar-refractivity contribution in [2.75, 3.05) is 37.7 Å². The van der Waals surface area contributed by atoms with Gasteiger partial charge in [-0.1, -0.05) is 53.5 Å². The van der Waals surface area contributed by atoms with Crippen LogP contribution in [0.15, 0.2) is 36.4 Å². The molecule has 3 aromatic rings. The molecular weight excluding hydrogens is 435 g/mol. The predicted molar refractivity (Wildman–Crippen MR) is 117 cm³/mol. The minimum absolute atomic E-state index is 0.0336. The van der Waals surface area contributed by atoms with Crippen molar-refractivity contribution in [2.24, 2.45) is 0 Å². The van der Waals surface area contributed by atoms with Gasteiger partial charge in [0, 0.05) is 36.6 Å². The van der Waals surface area contributed by atoms with Crippen molar-refractivity contribution in [3.05, 3.63) is 57.4 Å². The Bertz CT molecular complexity index is 1020. The fourth-order valence-corrected chi connectivity index (χ4v) is 4.17. The van der Waals surface area contributed by atoms with Crippen LogP contribution in [0.25, 0.3) is 10.8 Å². The summed E-state index contributed by atoms with van der Waals surface area (Å²) in [5.41, 5.74) is 0.683. The summed E-state index contributed by atoms with van der Waals surface area (Å²) in [6.07, 6.45) is -0.916. The van der Waals surface area contributed by atoms with Crippen LogP contribution in [0.4, 0.5) is 5.82 Å². The van der Waals surface area contributed by atoms with Crippen LogP contribution in [0.2, 0.25) is 15.5 Å². The molecule has 0 bridgehead atoms. The van der Waals surface area contributed by atoms with Gasteiger partial charge in [-0.05, 0) is 28.6 Å². The topological polar surface area (TPSA) is 70.5 Å². The lowest BCUT2D eigenvalue weighted by molar-refractivity contribution is 0.109. The Hall–Kier alpha value is -1.83. The summed E-state index contributed by atoms with van der Waals surface area (Å²) in [5, 5.41) is 16.6. The number of anilines is 1. The second kappa shape index (κ2) is 8.90. The quantitative estimate of drug-likeness (QED) is 0.447. The van der Waals surface area contributed by atoms with E-state index in [9.17, 15) is 5.11 Å². The SMILES string of the molecule is OC(COc1c(Cl)nc(Cl)nc1N1CCNCC1)c1cccc2cccc(Cl)c12. The number of hydrogen-bond donors (Lipinski definition) is 2. The summed E-state index contributed by atoms with van der Waals surface area (Å²) in [6, 6.07) is 11.3. The maximum absolute atomic E-state index is 10.8. The van der Waals surface area contributed by atoms with Gasteiger partial charge in [-0.3, -0.25) is 0 Å². The first-order valence-electron chi connectivity index (χ1n) is 9.21. The molecule has 152 valence electrons. The molecule has 1 aliphatic heterocycles. The van der Waals surface area contributed by atoms with Gasteiger partial charge in [-0.25, -0.2) is 4.98 Å². The van der Waals surface area contributed by atoms with E-state index in [1.54, 1.807) is 6.07 Å². The number of fused-ring (bicyclic) bond motifs is 1. The number of halogens is 3. The maximum Gasteiger partial charge on any atom is 0.226 e. The van der Waals surface area contributed by atoms with Gasteiger partial charge in [-0.15, -0.1) is 0 Å². The molecule has 1 atom stereocenters. The molecule has 0 saturated carbocycles. The highest BCUT2D eigenvalue weighted by atomic mass is 35.5. The minimum atomic E-state index is -0.916. The lowest BCUT2D eigenvalue weighted by Gasteiger charge is -2.30. The number of rotatable bonds is 5. The number of ether oxygens (including phenoxy) is 1. The summed E-state index contributed by atoms with van der Waals surface area (Å²) >= 11 is 18.7. The molecule has 0 radical (unpaired) electrons. The van der Waals surface area contributed by atoms with Gasteiger partial charge in [0.15, 0.2) is 16.7 Å². The molecule has 6 nitrogen and oxygen atoms in total. The number of aromatic nitrogens is 2. The summed E-state index contributed by atoms with van der Waals surface area (Å²) in [4.78, 5) is 10.3. The normalized spacial score (nSPS) is 15.5. The summed E-state index contributed by atoms with van der Waals surface area (Å²) in [5.74, 6) is 0.836. The number of benzene rings is 2. The molecule has 1 saturated heterocycles. The Morgan fingerprint density at radius 3 is 2.55 bits per heavy atom. The van der Waals surface area contributed by atoms with E-state index in [2.05, 4.69) is 15.3 Å². The zero-order chi connectivity index (χ0) is 20.4. The van der Waals surface area contributed by atoms with Crippen LogP contribution in [0.1, 0.15) is 11.7 Å². The first-order chi connectivity index (χ1) is 14.0. The summed E-state index contributed by atoms with van der Waals surface area (Å²) in [6.45, 7) is 3.07. The molecule has 1 unspecified atom stereocenters. The van der Waals surface area contributed by atoms with E-state index in [0.29, 0.717) is 22.2 Å². The Morgan fingerprint density at radius 2 is 1.79 bits per heavy atom. The molecule has 2 heterocycles. The van der Waals surface area contributed by atoms with E-state index in [0.717, 1.165) is 37.0 Å². The maximum atomic E-state index is 10.8. The standard InChI is InChI=1S/C20H19Cl3N4O2/c21-14-6-2-4-12-3-1-5-13(16(12)14)15(28)11-29-17-18(22)25-20(23)26-19(17)27-9-7-24-8-10-27/h1-6,15,24,28H,7-11H2. The highest BCUT2D eigenvalue weighted by Crippen LogP contribution is 2.36. The molecule has 1 fully saturated rings. The van der Waals surface area contributed by atoms with E-state index in [4.69, 9.17) is 39.5 Å². The van der Waals surface area contributed by atoms with Gasteiger partial charge in [0.2, 0.25) is 5.28 Å². The van der Waals surface area contributed by atoms with Crippen molar-refractivity contribution in [3.8, 4) is 5.75 Å². The highest BCUT2D eigenvalue weighted by molar-refractivity contribution is 6.35. The molecule has 29 heavy (non-hydrogen) atoms. The van der Waals surface area contributed by atoms with Gasteiger partial charge in [0.25, 0.3) is 0 Å². The Balaban J connectivity index is 1.61. The zero-order valence-corrected chi connectivity index (χ0v) is 17.7. The second-order valence-electron chi connectivity index (χ2n) is 6.69. The van der Waals surface area contributed by atoms with Crippen LogP contribution in [0.3, 0.4) is 0 Å². The Morgan fingerprint density at radius 1 is 1.07 bits per heavy atom. The number of hydrogen-bond acceptors (Lipinski definition) is 6. The van der Waals surface area contributed by atoms with Crippen LogP contribution in [0.5, 0.6) is 5.75 Å². The van der Waals surface area contributed by atoms with E-state index >= 15 is 0 Å². The predicted octanol–water partition coefficient (Wildman–Crippen LogP) is 4.11. The van der Waals surface area contributed by atoms with Gasteiger partial charge < -0.3 is 20.1 Å². The first kappa shape index (κ1) is 20.4. The van der Waals surface area contributed by atoms with Crippen LogP contribution in [-0.2, 0) is 0 Å². The second-order valence-corrected chi connectivity index (χ2v) is 7.79. The number of piperazine rings is 1. The fraction of sp³-hybridized carbons (Fsp3) is 0.300. The van der Waals surface area contributed by atoms with Gasteiger partial charge in [0.1, 0.15) is 12.7 Å². The number of aliphatic hydroxyl groups is 1. The Kier molecular flexibility index (Phi) is 6.27. The van der Waals surface area contributed by atoms with E-state index < -0.39 is 6.10 Å². The van der Waals surface area contributed by atoms with Crippen molar-refractivity contribution in [2.45, 2.75) is 6.10 Å². The summed E-state index contributed by atoms with van der Waals surface area (Å²) in [7, 11) is 0. The average molecular weight is 454 g/mol. The third kappa shape index (κ3) is 4.37. The van der Waals surface area contributed by atoms with Crippen LogP contribution < -0.4 is 15.0 Å². The van der Waals surface area contributed by atoms with Crippen molar-refractivity contribution < 1.29 is 9.84 Å². The third-order valence-corrected chi connectivity index (χ3v) is 5.57. The van der Waals surface area contributed by atoms with E-state index in [1.165, 1.54) is 0 Å². The van der Waals surface area contributed by atoms with Crippen LogP contribution in [0, 0.1) is 0 Å². The lowest BCUT2D eigenvalue weighted by atomic mass is 10.0. The molecule has 0 amide bonds. The van der Waals surface area contributed by atoms with E-state index in [1.807, 2.05) is 35.2 Å². The molecule has 1 aromatic heterocycles. The largest absolute Gasteiger partial charge is 0.484 e. The van der Waals surface area contributed by atoms with E-state index in [-0.39, 0.29) is 17.0 Å². The number of aliphatic hydroxyl groups excluding tert-OH is 1. The third-order valence-electron chi connectivity index (χ3n) is 4.83. The minimum Gasteiger partial charge on any atom is -0.484 e. The number of nitrogens with zero attached hydrogens (tertiary/aromatic N) is 3. The van der Waals surface area contributed by atoms with Crippen molar-refractivity contribution >= 4 is 51.4 Å². The van der Waals surface area contributed by atoms with Crippen molar-refractivity contribution in [1.29, 1.82) is 0 Å². The van der Waals surface area contributed by atoms with Gasteiger partial charge in [0.05, 0.1) is 0 Å². The average Bonchev–Trinajstić information content (AvgIpc) is 2.73.